The zero-order valence-electron chi connectivity index (χ0n) is 7.41. The summed E-state index contributed by atoms with van der Waals surface area (Å²) in [7, 11) is -3.73. The van der Waals surface area contributed by atoms with Crippen LogP contribution in [0.5, 0.6) is 0 Å². The smallest absolute Gasteiger partial charge is 0.265 e. The number of carbonyl (C=O) groups is 1. The molecular weight excluding hydrogens is 206 g/mol. The molecule has 76 valence electrons. The molecular formula is C7H9N3O3S. The fourth-order valence-corrected chi connectivity index (χ4v) is 1.15. The molecule has 0 fully saturated rings. The minimum absolute atomic E-state index is 0.0135. The molecule has 1 rings (SSSR count). The lowest BCUT2D eigenvalue weighted by Crippen LogP contribution is -2.42. The van der Waals surface area contributed by atoms with Crippen LogP contribution < -0.4 is 5.84 Å². The molecule has 0 saturated heterocycles. The first-order chi connectivity index (χ1) is 6.43. The molecule has 1 heterocycles. The monoisotopic (exact) mass is 215 g/mol. The van der Waals surface area contributed by atoms with Gasteiger partial charge in [0, 0.05) is 6.20 Å². The van der Waals surface area contributed by atoms with Crippen molar-refractivity contribution in [2.45, 2.75) is 0 Å². The number of pyridine rings is 1. The molecule has 1 amide bonds. The van der Waals surface area contributed by atoms with Gasteiger partial charge in [-0.1, -0.05) is 6.07 Å². The first-order valence-electron chi connectivity index (χ1n) is 3.63. The Labute approximate surface area is 81.4 Å². The van der Waals surface area contributed by atoms with Crippen molar-refractivity contribution in [2.24, 2.45) is 5.84 Å². The Morgan fingerprint density at radius 1 is 1.50 bits per heavy atom. The van der Waals surface area contributed by atoms with Crippen molar-refractivity contribution in [3.05, 3.63) is 30.1 Å². The Balaban J connectivity index is 2.99. The molecule has 6 nitrogen and oxygen atoms in total. The van der Waals surface area contributed by atoms with E-state index < -0.39 is 15.9 Å². The average Bonchev–Trinajstić information content (AvgIpc) is 2.15. The molecule has 0 bridgehead atoms. The Kier molecular flexibility index (Phi) is 2.82. The van der Waals surface area contributed by atoms with Crippen LogP contribution in [0, 0.1) is 0 Å². The number of sulfonamides is 1. The van der Waals surface area contributed by atoms with Crippen molar-refractivity contribution in [2.75, 3.05) is 6.26 Å². The van der Waals surface area contributed by atoms with Gasteiger partial charge in [-0.05, 0) is 12.1 Å². The summed E-state index contributed by atoms with van der Waals surface area (Å²) in [5, 5.41) is 0. The van der Waals surface area contributed by atoms with E-state index in [1.165, 1.54) is 12.3 Å². The van der Waals surface area contributed by atoms with Crippen LogP contribution in [0.1, 0.15) is 10.5 Å². The van der Waals surface area contributed by atoms with Crippen molar-refractivity contribution < 1.29 is 13.2 Å². The second-order valence-corrected chi connectivity index (χ2v) is 4.44. The molecule has 1 aromatic rings. The number of hydrogen-bond acceptors (Lipinski definition) is 5. The van der Waals surface area contributed by atoms with E-state index >= 15 is 0 Å². The molecule has 0 aliphatic carbocycles. The number of hydrogen-bond donors (Lipinski definition) is 1. The molecule has 2 N–H and O–H groups in total. The van der Waals surface area contributed by atoms with Gasteiger partial charge in [-0.15, -0.1) is 0 Å². The van der Waals surface area contributed by atoms with Gasteiger partial charge in [0.25, 0.3) is 5.91 Å². The maximum absolute atomic E-state index is 11.4. The van der Waals surface area contributed by atoms with Gasteiger partial charge < -0.3 is 0 Å². The van der Waals surface area contributed by atoms with Crippen LogP contribution in [0.4, 0.5) is 0 Å². The van der Waals surface area contributed by atoms with Crippen LogP contribution in [0.3, 0.4) is 0 Å². The summed E-state index contributed by atoms with van der Waals surface area (Å²) < 4.78 is 22.0. The molecule has 0 aliphatic heterocycles. The quantitative estimate of drug-likeness (QED) is 0.402. The van der Waals surface area contributed by atoms with Crippen molar-refractivity contribution in [1.29, 1.82) is 0 Å². The number of aromatic nitrogens is 1. The zero-order chi connectivity index (χ0) is 10.8. The van der Waals surface area contributed by atoms with Gasteiger partial charge in [-0.25, -0.2) is 14.3 Å². The number of rotatable bonds is 2. The van der Waals surface area contributed by atoms with E-state index in [0.29, 0.717) is 0 Å². The number of hydrazine groups is 1. The summed E-state index contributed by atoms with van der Waals surface area (Å²) in [6, 6.07) is 4.56. The third-order valence-corrected chi connectivity index (χ3v) is 2.32. The van der Waals surface area contributed by atoms with Gasteiger partial charge in [0.1, 0.15) is 5.69 Å². The van der Waals surface area contributed by atoms with E-state index in [1.807, 2.05) is 0 Å². The maximum Gasteiger partial charge on any atom is 0.300 e. The highest BCUT2D eigenvalue weighted by molar-refractivity contribution is 7.88. The standard InChI is InChI=1S/C7H9N3O3S/c1-14(12,13)10(8)7(11)6-4-2-3-5-9-6/h2-5H,8H2,1H3. The molecule has 1 aromatic heterocycles. The summed E-state index contributed by atoms with van der Waals surface area (Å²) >= 11 is 0. The van der Waals surface area contributed by atoms with Gasteiger partial charge in [-0.2, -0.15) is 4.41 Å². The van der Waals surface area contributed by atoms with Gasteiger partial charge in [0.15, 0.2) is 0 Å². The van der Waals surface area contributed by atoms with Crippen LogP contribution in [-0.2, 0) is 10.0 Å². The molecule has 0 atom stereocenters. The topological polar surface area (TPSA) is 93.4 Å². The predicted molar refractivity (Wildman–Crippen MR) is 49.4 cm³/mol. The van der Waals surface area contributed by atoms with Gasteiger partial charge in [0.05, 0.1) is 6.26 Å². The van der Waals surface area contributed by atoms with Crippen LogP contribution >= 0.6 is 0 Å². The minimum Gasteiger partial charge on any atom is -0.265 e. The summed E-state index contributed by atoms with van der Waals surface area (Å²) in [6.07, 6.45) is 2.22. The van der Waals surface area contributed by atoms with E-state index in [1.54, 1.807) is 12.1 Å². The lowest BCUT2D eigenvalue weighted by Gasteiger charge is -2.12. The van der Waals surface area contributed by atoms with E-state index in [-0.39, 0.29) is 10.1 Å². The van der Waals surface area contributed by atoms with Gasteiger partial charge in [-0.3, -0.25) is 9.78 Å². The number of carbonyl (C=O) groups excluding carboxylic acids is 1. The number of nitrogens with zero attached hydrogens (tertiary/aromatic N) is 2. The highest BCUT2D eigenvalue weighted by Gasteiger charge is 2.21. The Morgan fingerprint density at radius 2 is 2.14 bits per heavy atom. The Bertz CT molecular complexity index is 429. The third kappa shape index (κ3) is 2.27. The van der Waals surface area contributed by atoms with E-state index in [2.05, 4.69) is 4.98 Å². The van der Waals surface area contributed by atoms with Crippen molar-refractivity contribution in [1.82, 2.24) is 9.40 Å². The molecule has 7 heteroatoms. The number of nitrogens with two attached hydrogens (primary N) is 1. The second-order valence-electron chi connectivity index (χ2n) is 2.58. The fourth-order valence-electron chi connectivity index (χ4n) is 0.753. The normalized spacial score (nSPS) is 11.0. The average molecular weight is 215 g/mol. The Morgan fingerprint density at radius 3 is 2.57 bits per heavy atom. The first kappa shape index (κ1) is 10.6. The highest BCUT2D eigenvalue weighted by Crippen LogP contribution is 2.00. The molecule has 0 spiro atoms. The van der Waals surface area contributed by atoms with Crippen LogP contribution in [0.25, 0.3) is 0 Å². The molecule has 0 aromatic carbocycles. The summed E-state index contributed by atoms with van der Waals surface area (Å²) in [4.78, 5) is 15.0. The second kappa shape index (κ2) is 3.72. The van der Waals surface area contributed by atoms with E-state index in [4.69, 9.17) is 5.84 Å². The molecule has 0 aliphatic rings. The largest absolute Gasteiger partial charge is 0.300 e. The first-order valence-corrected chi connectivity index (χ1v) is 5.48. The molecule has 0 unspecified atom stereocenters. The molecule has 0 saturated carbocycles. The zero-order valence-corrected chi connectivity index (χ0v) is 8.23. The van der Waals surface area contributed by atoms with Crippen molar-refractivity contribution >= 4 is 15.9 Å². The van der Waals surface area contributed by atoms with Gasteiger partial charge in [0.2, 0.25) is 10.0 Å². The highest BCUT2D eigenvalue weighted by atomic mass is 32.2. The fraction of sp³-hybridized carbons (Fsp3) is 0.143. The van der Waals surface area contributed by atoms with Crippen molar-refractivity contribution in [3.8, 4) is 0 Å². The maximum atomic E-state index is 11.4. The lowest BCUT2D eigenvalue weighted by molar-refractivity contribution is 0.0857. The SMILES string of the molecule is CS(=O)(=O)N(N)C(=O)c1ccccn1. The van der Waals surface area contributed by atoms with Crippen LogP contribution in [0.2, 0.25) is 0 Å². The minimum atomic E-state index is -3.73. The van der Waals surface area contributed by atoms with Gasteiger partial charge >= 0.3 is 0 Å². The molecule has 14 heavy (non-hydrogen) atoms. The molecule has 0 radical (unpaired) electrons. The summed E-state index contributed by atoms with van der Waals surface area (Å²) in [6.45, 7) is 0. The summed E-state index contributed by atoms with van der Waals surface area (Å²) in [5.74, 6) is 4.23. The van der Waals surface area contributed by atoms with E-state index in [9.17, 15) is 13.2 Å². The summed E-state index contributed by atoms with van der Waals surface area (Å²) in [5.41, 5.74) is -0.0135. The van der Waals surface area contributed by atoms with Crippen LogP contribution in [0.15, 0.2) is 24.4 Å². The van der Waals surface area contributed by atoms with E-state index in [0.717, 1.165) is 6.26 Å². The Hall–Kier alpha value is -1.47. The van der Waals surface area contributed by atoms with Crippen LogP contribution in [-0.4, -0.2) is 30.0 Å². The van der Waals surface area contributed by atoms with Crippen molar-refractivity contribution in [3.63, 3.8) is 0 Å². The number of amides is 1. The third-order valence-electron chi connectivity index (χ3n) is 1.44. The predicted octanol–water partition coefficient (Wildman–Crippen LogP) is -0.643. The lowest BCUT2D eigenvalue weighted by atomic mass is 10.3.